The van der Waals surface area contributed by atoms with Gasteiger partial charge in [0.25, 0.3) is 0 Å². The Labute approximate surface area is 109 Å². The first-order valence-corrected chi connectivity index (χ1v) is 6.58. The molecule has 0 aromatic rings. The van der Waals surface area contributed by atoms with E-state index in [1.54, 1.807) is 11.9 Å². The van der Waals surface area contributed by atoms with Gasteiger partial charge < -0.3 is 15.3 Å². The number of amides is 2. The molecule has 0 aromatic heterocycles. The summed E-state index contributed by atoms with van der Waals surface area (Å²) in [6.45, 7) is 5.92. The predicted octanol–water partition coefficient (Wildman–Crippen LogP) is 1.78. The van der Waals surface area contributed by atoms with Crippen LogP contribution in [0.4, 0.5) is 4.79 Å². The van der Waals surface area contributed by atoms with E-state index in [0.29, 0.717) is 5.92 Å². The SMILES string of the molecule is CC(C)C(CNC(=O)N(C)C(C)C1CC1)C(=O)O. The van der Waals surface area contributed by atoms with Crippen molar-refractivity contribution in [2.24, 2.45) is 17.8 Å². The van der Waals surface area contributed by atoms with Crippen molar-refractivity contribution in [1.29, 1.82) is 0 Å². The lowest BCUT2D eigenvalue weighted by atomic mass is 9.96. The van der Waals surface area contributed by atoms with Gasteiger partial charge in [0.05, 0.1) is 5.92 Å². The van der Waals surface area contributed by atoms with E-state index in [1.165, 1.54) is 12.8 Å². The summed E-state index contributed by atoms with van der Waals surface area (Å²) in [5.74, 6) is -0.767. The third-order valence-electron chi connectivity index (χ3n) is 3.83. The first kappa shape index (κ1) is 14.8. The number of rotatable bonds is 6. The zero-order valence-electron chi connectivity index (χ0n) is 11.6. The highest BCUT2D eigenvalue weighted by Crippen LogP contribution is 2.34. The standard InChI is InChI=1S/C13H24N2O3/c1-8(2)11(12(16)17)7-14-13(18)15(4)9(3)10-5-6-10/h8-11H,5-7H2,1-4H3,(H,14,18)(H,16,17). The summed E-state index contributed by atoms with van der Waals surface area (Å²) in [4.78, 5) is 24.6. The maximum Gasteiger partial charge on any atom is 0.317 e. The van der Waals surface area contributed by atoms with E-state index in [0.717, 1.165) is 0 Å². The Balaban J connectivity index is 2.41. The summed E-state index contributed by atoms with van der Waals surface area (Å²) in [5.41, 5.74) is 0. The van der Waals surface area contributed by atoms with Gasteiger partial charge in [-0.1, -0.05) is 13.8 Å². The molecule has 0 saturated heterocycles. The molecule has 1 aliphatic carbocycles. The maximum absolute atomic E-state index is 11.9. The van der Waals surface area contributed by atoms with Gasteiger partial charge in [0.15, 0.2) is 0 Å². The Hall–Kier alpha value is -1.26. The van der Waals surface area contributed by atoms with Crippen LogP contribution in [0.25, 0.3) is 0 Å². The van der Waals surface area contributed by atoms with Crippen molar-refractivity contribution >= 4 is 12.0 Å². The van der Waals surface area contributed by atoms with Crippen LogP contribution in [-0.2, 0) is 4.79 Å². The number of aliphatic carboxylic acids is 1. The molecule has 2 unspecified atom stereocenters. The molecule has 18 heavy (non-hydrogen) atoms. The third kappa shape index (κ3) is 3.89. The molecular weight excluding hydrogens is 232 g/mol. The fourth-order valence-corrected chi connectivity index (χ4v) is 2.01. The minimum Gasteiger partial charge on any atom is -0.481 e. The first-order chi connectivity index (χ1) is 8.34. The Morgan fingerprint density at radius 2 is 1.89 bits per heavy atom. The van der Waals surface area contributed by atoms with Crippen molar-refractivity contribution < 1.29 is 14.7 Å². The number of carbonyl (C=O) groups excluding carboxylic acids is 1. The molecule has 1 aliphatic rings. The molecule has 2 amide bonds. The Morgan fingerprint density at radius 3 is 2.28 bits per heavy atom. The van der Waals surface area contributed by atoms with Crippen LogP contribution in [0.5, 0.6) is 0 Å². The highest BCUT2D eigenvalue weighted by Gasteiger charge is 2.32. The summed E-state index contributed by atoms with van der Waals surface area (Å²) >= 11 is 0. The predicted molar refractivity (Wildman–Crippen MR) is 69.3 cm³/mol. The number of hydrogen-bond acceptors (Lipinski definition) is 2. The Kier molecular flexibility index (Phi) is 4.99. The van der Waals surface area contributed by atoms with Gasteiger partial charge >= 0.3 is 12.0 Å². The van der Waals surface area contributed by atoms with E-state index in [2.05, 4.69) is 5.32 Å². The Bertz CT molecular complexity index is 313. The molecule has 0 bridgehead atoms. The topological polar surface area (TPSA) is 69.6 Å². The lowest BCUT2D eigenvalue weighted by Crippen LogP contribution is -2.46. The molecule has 0 spiro atoms. The fourth-order valence-electron chi connectivity index (χ4n) is 2.01. The zero-order chi connectivity index (χ0) is 13.9. The molecule has 0 aliphatic heterocycles. The molecular formula is C13H24N2O3. The van der Waals surface area contributed by atoms with Crippen molar-refractivity contribution in [3.63, 3.8) is 0 Å². The minimum absolute atomic E-state index is 0.00830. The van der Waals surface area contributed by atoms with E-state index in [4.69, 9.17) is 5.11 Å². The van der Waals surface area contributed by atoms with Crippen LogP contribution in [0.15, 0.2) is 0 Å². The van der Waals surface area contributed by atoms with Gasteiger partial charge in [0.2, 0.25) is 0 Å². The molecule has 104 valence electrons. The van der Waals surface area contributed by atoms with Crippen LogP contribution in [0, 0.1) is 17.8 Å². The second kappa shape index (κ2) is 6.07. The molecule has 2 atom stereocenters. The smallest absolute Gasteiger partial charge is 0.317 e. The van der Waals surface area contributed by atoms with E-state index >= 15 is 0 Å². The summed E-state index contributed by atoms with van der Waals surface area (Å²) in [6, 6.07) is 0.0497. The average molecular weight is 256 g/mol. The second-order valence-corrected chi connectivity index (χ2v) is 5.56. The molecule has 1 rings (SSSR count). The summed E-state index contributed by atoms with van der Waals surface area (Å²) < 4.78 is 0. The van der Waals surface area contributed by atoms with Crippen molar-refractivity contribution in [2.45, 2.75) is 39.7 Å². The summed E-state index contributed by atoms with van der Waals surface area (Å²) in [6.07, 6.45) is 2.37. The van der Waals surface area contributed by atoms with E-state index in [1.807, 2.05) is 20.8 Å². The van der Waals surface area contributed by atoms with Gasteiger partial charge in [-0.05, 0) is 31.6 Å². The Morgan fingerprint density at radius 1 is 1.33 bits per heavy atom. The number of urea groups is 1. The zero-order valence-corrected chi connectivity index (χ0v) is 11.6. The molecule has 0 aromatic carbocycles. The number of nitrogens with one attached hydrogen (secondary N) is 1. The van der Waals surface area contributed by atoms with Crippen molar-refractivity contribution in [1.82, 2.24) is 10.2 Å². The number of carbonyl (C=O) groups is 2. The minimum atomic E-state index is -0.858. The largest absolute Gasteiger partial charge is 0.481 e. The van der Waals surface area contributed by atoms with Gasteiger partial charge in [0.1, 0.15) is 0 Å². The van der Waals surface area contributed by atoms with Crippen LogP contribution in [-0.4, -0.2) is 41.6 Å². The number of hydrogen-bond donors (Lipinski definition) is 2. The molecule has 1 saturated carbocycles. The monoisotopic (exact) mass is 256 g/mol. The number of carboxylic acids is 1. The highest BCUT2D eigenvalue weighted by molar-refractivity contribution is 5.76. The van der Waals surface area contributed by atoms with Crippen molar-refractivity contribution in [2.75, 3.05) is 13.6 Å². The van der Waals surface area contributed by atoms with E-state index in [9.17, 15) is 9.59 Å². The quantitative estimate of drug-likeness (QED) is 0.761. The molecule has 0 heterocycles. The van der Waals surface area contributed by atoms with Gasteiger partial charge in [0, 0.05) is 19.6 Å². The molecule has 1 fully saturated rings. The number of nitrogens with zero attached hydrogens (tertiary/aromatic N) is 1. The van der Waals surface area contributed by atoms with Crippen LogP contribution in [0.1, 0.15) is 33.6 Å². The number of carboxylic acid groups (broad SMARTS) is 1. The normalized spacial score (nSPS) is 18.3. The second-order valence-electron chi connectivity index (χ2n) is 5.56. The van der Waals surface area contributed by atoms with Crippen LogP contribution >= 0.6 is 0 Å². The fraction of sp³-hybridized carbons (Fsp3) is 0.846. The summed E-state index contributed by atoms with van der Waals surface area (Å²) in [7, 11) is 1.77. The van der Waals surface area contributed by atoms with Gasteiger partial charge in [-0.3, -0.25) is 4.79 Å². The molecule has 2 N–H and O–H groups in total. The summed E-state index contributed by atoms with van der Waals surface area (Å²) in [5, 5.41) is 11.8. The maximum atomic E-state index is 11.9. The average Bonchev–Trinajstić information content (AvgIpc) is 3.09. The van der Waals surface area contributed by atoms with Crippen LogP contribution in [0.3, 0.4) is 0 Å². The van der Waals surface area contributed by atoms with E-state index in [-0.39, 0.29) is 24.5 Å². The molecule has 5 nitrogen and oxygen atoms in total. The van der Waals surface area contributed by atoms with Gasteiger partial charge in [-0.2, -0.15) is 0 Å². The molecule has 5 heteroatoms. The van der Waals surface area contributed by atoms with Gasteiger partial charge in [-0.25, -0.2) is 4.79 Å². The van der Waals surface area contributed by atoms with Crippen molar-refractivity contribution in [3.8, 4) is 0 Å². The molecule has 0 radical (unpaired) electrons. The third-order valence-corrected chi connectivity index (χ3v) is 3.83. The lowest BCUT2D eigenvalue weighted by Gasteiger charge is -2.26. The van der Waals surface area contributed by atoms with E-state index < -0.39 is 11.9 Å². The first-order valence-electron chi connectivity index (χ1n) is 6.58. The van der Waals surface area contributed by atoms with Crippen molar-refractivity contribution in [3.05, 3.63) is 0 Å². The highest BCUT2D eigenvalue weighted by atomic mass is 16.4. The van der Waals surface area contributed by atoms with Crippen LogP contribution in [0.2, 0.25) is 0 Å². The van der Waals surface area contributed by atoms with Crippen LogP contribution < -0.4 is 5.32 Å². The van der Waals surface area contributed by atoms with Gasteiger partial charge in [-0.15, -0.1) is 0 Å². The lowest BCUT2D eigenvalue weighted by molar-refractivity contribution is -0.142.